The molecule has 2 saturated heterocycles. The van der Waals surface area contributed by atoms with Crippen molar-refractivity contribution in [2.45, 2.75) is 44.7 Å². The zero-order valence-corrected chi connectivity index (χ0v) is 28.1. The number of ether oxygens (including phenoxy) is 3. The van der Waals surface area contributed by atoms with E-state index in [1.54, 1.807) is 28.0 Å². The van der Waals surface area contributed by atoms with E-state index in [-0.39, 0.29) is 36.5 Å². The summed E-state index contributed by atoms with van der Waals surface area (Å²) in [4.78, 5) is 21.5. The molecule has 4 heterocycles. The Morgan fingerprint density at radius 1 is 0.959 bits per heavy atom. The molecule has 0 spiro atoms. The molecule has 3 atom stereocenters. The van der Waals surface area contributed by atoms with Crippen molar-refractivity contribution in [2.75, 3.05) is 49.2 Å². The topological polar surface area (TPSA) is 105 Å². The first-order valence-corrected chi connectivity index (χ1v) is 16.8. The monoisotopic (exact) mass is 688 g/mol. The van der Waals surface area contributed by atoms with E-state index in [0.29, 0.717) is 11.3 Å². The van der Waals surface area contributed by atoms with Gasteiger partial charge in [-0.3, -0.25) is 0 Å². The molecule has 12 nitrogen and oxygen atoms in total. The number of halogens is 2. The van der Waals surface area contributed by atoms with Crippen LogP contribution in [0, 0.1) is 5.82 Å². The average Bonchev–Trinajstić information content (AvgIpc) is 3.88. The third kappa shape index (κ3) is 6.91. The Hall–Kier alpha value is -4.72. The maximum atomic E-state index is 13.8. The van der Waals surface area contributed by atoms with E-state index in [1.807, 2.05) is 38.1 Å². The Balaban J connectivity index is 0.925. The molecule has 2 aromatic heterocycles. The summed E-state index contributed by atoms with van der Waals surface area (Å²) >= 11 is 6.43. The molecule has 5 aromatic rings. The highest BCUT2D eigenvalue weighted by Crippen LogP contribution is 2.40. The van der Waals surface area contributed by atoms with Crippen molar-refractivity contribution in [1.29, 1.82) is 0 Å². The van der Waals surface area contributed by atoms with E-state index >= 15 is 0 Å². The lowest BCUT2D eigenvalue weighted by Crippen LogP contribution is -2.46. The van der Waals surface area contributed by atoms with E-state index in [9.17, 15) is 9.18 Å². The molecule has 2 aliphatic heterocycles. The first-order chi connectivity index (χ1) is 23.8. The van der Waals surface area contributed by atoms with Crippen LogP contribution in [0.5, 0.6) is 5.75 Å². The molecular weight excluding hydrogens is 651 g/mol. The van der Waals surface area contributed by atoms with Crippen molar-refractivity contribution >= 4 is 23.0 Å². The lowest BCUT2D eigenvalue weighted by Gasteiger charge is -2.37. The zero-order valence-electron chi connectivity index (χ0n) is 27.4. The average molecular weight is 689 g/mol. The predicted octanol–water partition coefficient (Wildman–Crippen LogP) is 5.06. The summed E-state index contributed by atoms with van der Waals surface area (Å²) in [7, 11) is 0. The molecule has 256 valence electrons. The Bertz CT molecular complexity index is 1910. The highest BCUT2D eigenvalue weighted by atomic mass is 35.5. The van der Waals surface area contributed by atoms with Crippen LogP contribution in [0.1, 0.15) is 31.9 Å². The molecule has 2 fully saturated rings. The van der Waals surface area contributed by atoms with E-state index in [2.05, 4.69) is 49.2 Å². The van der Waals surface area contributed by atoms with Gasteiger partial charge < -0.3 is 24.0 Å². The lowest BCUT2D eigenvalue weighted by molar-refractivity contribution is -0.190. The first-order valence-electron chi connectivity index (χ1n) is 16.4. The molecule has 0 radical (unpaired) electrons. The highest BCUT2D eigenvalue weighted by Gasteiger charge is 2.45. The number of hydrogen-bond donors (Lipinski definition) is 0. The minimum absolute atomic E-state index is 0.0587. The number of piperazine rings is 1. The summed E-state index contributed by atoms with van der Waals surface area (Å²) < 4.78 is 37.2. The van der Waals surface area contributed by atoms with Gasteiger partial charge in [-0.2, -0.15) is 10.2 Å². The molecule has 7 rings (SSSR count). The molecule has 2 aliphatic rings. The van der Waals surface area contributed by atoms with Gasteiger partial charge in [-0.05, 0) is 80.1 Å². The van der Waals surface area contributed by atoms with Gasteiger partial charge in [-0.1, -0.05) is 18.5 Å². The molecular formula is C35H38ClFN8O4. The number of benzene rings is 3. The second-order valence-electron chi connectivity index (χ2n) is 12.3. The fraction of sp³-hybridized carbons (Fsp3) is 0.371. The van der Waals surface area contributed by atoms with Crippen LogP contribution >= 0.6 is 11.6 Å². The number of rotatable bonds is 11. The molecule has 3 unspecified atom stereocenters. The van der Waals surface area contributed by atoms with Crippen molar-refractivity contribution in [3.8, 4) is 11.4 Å². The van der Waals surface area contributed by atoms with Crippen molar-refractivity contribution in [3.05, 3.63) is 113 Å². The summed E-state index contributed by atoms with van der Waals surface area (Å²) in [6, 6.07) is 20.3. The third-order valence-electron chi connectivity index (χ3n) is 9.15. The van der Waals surface area contributed by atoms with Gasteiger partial charge in [0.15, 0.2) is 0 Å². The van der Waals surface area contributed by atoms with Gasteiger partial charge in [-0.15, -0.1) is 0 Å². The quantitative estimate of drug-likeness (QED) is 0.188. The van der Waals surface area contributed by atoms with Crippen LogP contribution in [0.2, 0.25) is 5.02 Å². The van der Waals surface area contributed by atoms with E-state index in [4.69, 9.17) is 25.8 Å². The van der Waals surface area contributed by atoms with Crippen LogP contribution in [-0.2, 0) is 21.8 Å². The highest BCUT2D eigenvalue weighted by molar-refractivity contribution is 6.31. The fourth-order valence-corrected chi connectivity index (χ4v) is 6.55. The van der Waals surface area contributed by atoms with Crippen LogP contribution in [0.4, 0.5) is 15.8 Å². The first kappa shape index (κ1) is 32.8. The molecule has 3 aromatic carbocycles. The van der Waals surface area contributed by atoms with Crippen LogP contribution in [-0.4, -0.2) is 74.6 Å². The minimum atomic E-state index is -1.27. The van der Waals surface area contributed by atoms with Crippen LogP contribution in [0.25, 0.3) is 5.69 Å². The third-order valence-corrected chi connectivity index (χ3v) is 9.46. The summed E-state index contributed by atoms with van der Waals surface area (Å²) in [6.07, 6.45) is 5.03. The molecule has 0 N–H and O–H groups in total. The van der Waals surface area contributed by atoms with Crippen molar-refractivity contribution in [1.82, 2.24) is 29.1 Å². The van der Waals surface area contributed by atoms with Gasteiger partial charge in [0.25, 0.3) is 0 Å². The zero-order chi connectivity index (χ0) is 34.0. The van der Waals surface area contributed by atoms with Crippen LogP contribution in [0.3, 0.4) is 0 Å². The Kier molecular flexibility index (Phi) is 9.39. The van der Waals surface area contributed by atoms with Gasteiger partial charge in [0, 0.05) is 43.1 Å². The van der Waals surface area contributed by atoms with Crippen molar-refractivity contribution in [2.24, 2.45) is 0 Å². The molecule has 0 saturated carbocycles. The Morgan fingerprint density at radius 2 is 1.63 bits per heavy atom. The lowest BCUT2D eigenvalue weighted by atomic mass is 10.1. The predicted molar refractivity (Wildman–Crippen MR) is 183 cm³/mol. The molecule has 0 aliphatic carbocycles. The summed E-state index contributed by atoms with van der Waals surface area (Å²) in [5.41, 5.74) is 3.44. The van der Waals surface area contributed by atoms with Crippen LogP contribution in [0.15, 0.2) is 90.5 Å². The van der Waals surface area contributed by atoms with Gasteiger partial charge in [0.1, 0.15) is 49.8 Å². The normalized spacial score (nSPS) is 20.1. The molecule has 14 heteroatoms. The number of anilines is 2. The van der Waals surface area contributed by atoms with E-state index < -0.39 is 17.7 Å². The maximum absolute atomic E-state index is 13.8. The number of aromatic nitrogens is 6. The van der Waals surface area contributed by atoms with Gasteiger partial charge in [0.2, 0.25) is 5.79 Å². The van der Waals surface area contributed by atoms with Crippen molar-refractivity contribution < 1.29 is 18.6 Å². The van der Waals surface area contributed by atoms with Gasteiger partial charge in [-0.25, -0.2) is 28.1 Å². The second-order valence-corrected chi connectivity index (χ2v) is 12.7. The largest absolute Gasteiger partial charge is 0.491 e. The molecule has 49 heavy (non-hydrogen) atoms. The minimum Gasteiger partial charge on any atom is -0.491 e. The second kappa shape index (κ2) is 14.0. The Morgan fingerprint density at radius 3 is 2.27 bits per heavy atom. The maximum Gasteiger partial charge on any atom is 0.350 e. The van der Waals surface area contributed by atoms with Gasteiger partial charge in [0.05, 0.1) is 23.4 Å². The summed E-state index contributed by atoms with van der Waals surface area (Å²) in [5.74, 6) is -0.995. The van der Waals surface area contributed by atoms with Crippen molar-refractivity contribution in [3.63, 3.8) is 0 Å². The molecule has 0 bridgehead atoms. The van der Waals surface area contributed by atoms with E-state index in [0.717, 1.165) is 49.7 Å². The standard InChI is InChI=1S/C35H38ClFN8O4/c1-3-25(2)45-34(46)44(24-40-45)29-7-5-27(6-8-29)41-14-16-42(17-15-41)28-9-11-30(12-10-28)47-19-31-20-48-35(49-31,21-43-23-38-22-39-43)32-13-4-26(37)18-33(32)36/h4-13,18,22-25,31H,3,14-17,19-21H2,1-2H3. The summed E-state index contributed by atoms with van der Waals surface area (Å²) in [6.45, 7) is 8.23. The Labute approximate surface area is 288 Å². The SMILES string of the molecule is CCC(C)n1ncn(-c2ccc(N3CCN(c4ccc(OCC5COC(Cn6cncn6)(c6ccc(F)cc6Cl)O5)cc4)CC3)cc2)c1=O. The van der Waals surface area contributed by atoms with Crippen LogP contribution < -0.4 is 20.2 Å². The smallest absolute Gasteiger partial charge is 0.350 e. The number of hydrogen-bond acceptors (Lipinski definition) is 9. The summed E-state index contributed by atoms with van der Waals surface area (Å²) in [5, 5.41) is 8.68. The fourth-order valence-electron chi connectivity index (χ4n) is 6.24. The van der Waals surface area contributed by atoms with E-state index in [1.165, 1.54) is 23.1 Å². The molecule has 0 amide bonds. The van der Waals surface area contributed by atoms with Gasteiger partial charge >= 0.3 is 5.69 Å². The number of nitrogens with zero attached hydrogens (tertiary/aromatic N) is 8.